The number of rotatable bonds is 3. The number of nitrogens with zero attached hydrogens (tertiary/aromatic N) is 3. The second kappa shape index (κ2) is 6.29. The fourth-order valence-corrected chi connectivity index (χ4v) is 3.12. The number of hydrogen-bond donors (Lipinski definition) is 0. The summed E-state index contributed by atoms with van der Waals surface area (Å²) in [4.78, 5) is 18.2. The van der Waals surface area contributed by atoms with Crippen molar-refractivity contribution in [2.45, 2.75) is 12.3 Å². The van der Waals surface area contributed by atoms with Crippen molar-refractivity contribution in [1.29, 1.82) is 0 Å². The summed E-state index contributed by atoms with van der Waals surface area (Å²) in [5.41, 5.74) is 1.18. The van der Waals surface area contributed by atoms with Gasteiger partial charge >= 0.3 is 0 Å². The van der Waals surface area contributed by atoms with E-state index in [0.717, 1.165) is 5.56 Å². The highest BCUT2D eigenvalue weighted by molar-refractivity contribution is 6.33. The molecule has 1 unspecified atom stereocenters. The van der Waals surface area contributed by atoms with Crippen molar-refractivity contribution in [3.63, 3.8) is 0 Å². The van der Waals surface area contributed by atoms with Crippen molar-refractivity contribution < 1.29 is 13.7 Å². The number of benzene rings is 2. The van der Waals surface area contributed by atoms with Crippen molar-refractivity contribution in [2.75, 3.05) is 11.4 Å². The zero-order valence-electron chi connectivity index (χ0n) is 13.0. The Labute approximate surface area is 148 Å². The second-order valence-electron chi connectivity index (χ2n) is 5.82. The summed E-state index contributed by atoms with van der Waals surface area (Å²) in [7, 11) is 0. The number of aromatic nitrogens is 2. The molecule has 0 spiro atoms. The first-order chi connectivity index (χ1) is 12.1. The van der Waals surface area contributed by atoms with Gasteiger partial charge < -0.3 is 9.42 Å². The number of hydrogen-bond acceptors (Lipinski definition) is 4. The van der Waals surface area contributed by atoms with Crippen LogP contribution in [0.5, 0.6) is 0 Å². The van der Waals surface area contributed by atoms with E-state index in [1.165, 1.54) is 23.1 Å². The first-order valence-electron chi connectivity index (χ1n) is 7.76. The van der Waals surface area contributed by atoms with E-state index in [1.807, 2.05) is 30.3 Å². The molecule has 25 heavy (non-hydrogen) atoms. The van der Waals surface area contributed by atoms with Crippen LogP contribution in [0.25, 0.3) is 11.5 Å². The predicted molar refractivity (Wildman–Crippen MR) is 90.9 cm³/mol. The van der Waals surface area contributed by atoms with Gasteiger partial charge in [0.1, 0.15) is 5.82 Å². The van der Waals surface area contributed by atoms with Crippen LogP contribution >= 0.6 is 11.6 Å². The fourth-order valence-electron chi connectivity index (χ4n) is 2.90. The van der Waals surface area contributed by atoms with Crippen molar-refractivity contribution >= 4 is 23.2 Å². The smallest absolute Gasteiger partial charge is 0.257 e. The molecule has 1 aliphatic heterocycles. The van der Waals surface area contributed by atoms with E-state index in [1.54, 1.807) is 0 Å². The maximum atomic E-state index is 13.5. The van der Waals surface area contributed by atoms with Gasteiger partial charge in [0.15, 0.2) is 5.82 Å². The van der Waals surface area contributed by atoms with Crippen molar-refractivity contribution in [3.8, 4) is 11.5 Å². The molecule has 0 bridgehead atoms. The van der Waals surface area contributed by atoms with E-state index in [0.29, 0.717) is 29.0 Å². The van der Waals surface area contributed by atoms with Gasteiger partial charge in [0.25, 0.3) is 5.89 Å². The number of halogens is 2. The summed E-state index contributed by atoms with van der Waals surface area (Å²) in [6.45, 7) is 0.329. The summed E-state index contributed by atoms with van der Waals surface area (Å²) in [5, 5.41) is 4.33. The predicted octanol–water partition coefficient (Wildman–Crippen LogP) is 4.05. The largest absolute Gasteiger partial charge is 0.334 e. The summed E-state index contributed by atoms with van der Waals surface area (Å²) >= 11 is 6.11. The minimum absolute atomic E-state index is 0.149. The van der Waals surface area contributed by atoms with Crippen molar-refractivity contribution in [3.05, 3.63) is 65.2 Å². The quantitative estimate of drug-likeness (QED) is 0.709. The van der Waals surface area contributed by atoms with Crippen LogP contribution in [0, 0.1) is 5.82 Å². The molecule has 1 fully saturated rings. The van der Waals surface area contributed by atoms with Gasteiger partial charge in [-0.25, -0.2) is 4.39 Å². The summed E-state index contributed by atoms with van der Waals surface area (Å²) in [6.07, 6.45) is 0.223. The molecule has 126 valence electrons. The molecule has 1 aliphatic rings. The first kappa shape index (κ1) is 15.8. The Morgan fingerprint density at radius 2 is 2.00 bits per heavy atom. The van der Waals surface area contributed by atoms with Gasteiger partial charge in [-0.15, -0.1) is 0 Å². The third-order valence-electron chi connectivity index (χ3n) is 4.15. The lowest BCUT2D eigenvalue weighted by Crippen LogP contribution is -2.24. The third-order valence-corrected chi connectivity index (χ3v) is 4.47. The minimum Gasteiger partial charge on any atom is -0.334 e. The van der Waals surface area contributed by atoms with Crippen LogP contribution < -0.4 is 4.90 Å². The van der Waals surface area contributed by atoms with Crippen LogP contribution in [0.15, 0.2) is 53.1 Å². The molecule has 1 saturated heterocycles. The molecule has 1 aromatic heterocycles. The van der Waals surface area contributed by atoms with Gasteiger partial charge in [0.05, 0.1) is 10.7 Å². The molecule has 0 saturated carbocycles. The number of anilines is 1. The van der Waals surface area contributed by atoms with E-state index in [4.69, 9.17) is 16.1 Å². The average Bonchev–Trinajstić information content (AvgIpc) is 3.25. The molecule has 2 aromatic carbocycles. The van der Waals surface area contributed by atoms with E-state index >= 15 is 0 Å². The highest BCUT2D eigenvalue weighted by Crippen LogP contribution is 2.35. The van der Waals surface area contributed by atoms with Crippen molar-refractivity contribution in [2.24, 2.45) is 0 Å². The van der Waals surface area contributed by atoms with Gasteiger partial charge in [-0.1, -0.05) is 35.0 Å². The molecule has 4 rings (SSSR count). The van der Waals surface area contributed by atoms with E-state index in [2.05, 4.69) is 10.1 Å². The Kier molecular flexibility index (Phi) is 3.97. The SMILES string of the molecule is O=C1CC(c2noc(-c3ccccc3)n2)CN1c1cc(F)ccc1Cl. The normalized spacial score (nSPS) is 17.3. The monoisotopic (exact) mass is 357 g/mol. The Morgan fingerprint density at radius 1 is 1.20 bits per heavy atom. The molecular weight excluding hydrogens is 345 g/mol. The van der Waals surface area contributed by atoms with Crippen LogP contribution in [0.1, 0.15) is 18.2 Å². The van der Waals surface area contributed by atoms with Gasteiger partial charge in [-0.3, -0.25) is 4.79 Å². The van der Waals surface area contributed by atoms with Crippen LogP contribution in [0.2, 0.25) is 5.02 Å². The topological polar surface area (TPSA) is 59.2 Å². The summed E-state index contributed by atoms with van der Waals surface area (Å²) in [6, 6.07) is 13.4. The zero-order valence-corrected chi connectivity index (χ0v) is 13.8. The number of amides is 1. The van der Waals surface area contributed by atoms with Crippen molar-refractivity contribution in [1.82, 2.24) is 10.1 Å². The maximum Gasteiger partial charge on any atom is 0.257 e. The summed E-state index contributed by atoms with van der Waals surface area (Å²) in [5.74, 6) is 0.0469. The molecule has 0 N–H and O–H groups in total. The van der Waals surface area contributed by atoms with Crippen LogP contribution in [-0.4, -0.2) is 22.6 Å². The Morgan fingerprint density at radius 3 is 2.80 bits per heavy atom. The van der Waals surface area contributed by atoms with Crippen LogP contribution in [0.3, 0.4) is 0 Å². The molecule has 0 radical (unpaired) electrons. The Bertz CT molecular complexity index is 929. The lowest BCUT2D eigenvalue weighted by Gasteiger charge is -2.17. The summed E-state index contributed by atoms with van der Waals surface area (Å²) < 4.78 is 18.8. The Balaban J connectivity index is 1.59. The molecule has 5 nitrogen and oxygen atoms in total. The van der Waals surface area contributed by atoms with Gasteiger partial charge in [0, 0.05) is 24.4 Å². The van der Waals surface area contributed by atoms with E-state index < -0.39 is 5.82 Å². The van der Waals surface area contributed by atoms with Crippen LogP contribution in [0.4, 0.5) is 10.1 Å². The van der Waals surface area contributed by atoms with Gasteiger partial charge in [-0.2, -0.15) is 4.98 Å². The molecule has 3 aromatic rings. The number of carbonyl (C=O) groups is 1. The molecule has 2 heterocycles. The molecular formula is C18H13ClFN3O2. The Hall–Kier alpha value is -2.73. The highest BCUT2D eigenvalue weighted by Gasteiger charge is 2.35. The highest BCUT2D eigenvalue weighted by atomic mass is 35.5. The van der Waals surface area contributed by atoms with Gasteiger partial charge in [-0.05, 0) is 30.3 Å². The lowest BCUT2D eigenvalue weighted by atomic mass is 10.1. The standard InChI is InChI=1S/C18H13ClFN3O2/c19-14-7-6-13(20)9-15(14)23-10-12(8-16(23)24)17-21-18(25-22-17)11-4-2-1-3-5-11/h1-7,9,12H,8,10H2. The zero-order chi connectivity index (χ0) is 17.4. The van der Waals surface area contributed by atoms with E-state index in [9.17, 15) is 9.18 Å². The second-order valence-corrected chi connectivity index (χ2v) is 6.23. The van der Waals surface area contributed by atoms with Gasteiger partial charge in [0.2, 0.25) is 5.91 Å². The fraction of sp³-hybridized carbons (Fsp3) is 0.167. The lowest BCUT2D eigenvalue weighted by molar-refractivity contribution is -0.117. The number of carbonyl (C=O) groups excluding carboxylic acids is 1. The third kappa shape index (κ3) is 3.00. The minimum atomic E-state index is -0.443. The first-order valence-corrected chi connectivity index (χ1v) is 8.14. The van der Waals surface area contributed by atoms with Crippen LogP contribution in [-0.2, 0) is 4.79 Å². The average molecular weight is 358 g/mol. The molecule has 1 amide bonds. The molecule has 1 atom stereocenters. The maximum absolute atomic E-state index is 13.5. The molecule has 0 aliphatic carbocycles. The molecule has 7 heteroatoms. The van der Waals surface area contributed by atoms with E-state index in [-0.39, 0.29) is 18.2 Å².